The number of aromatic nitrogens is 1. The molecule has 0 spiro atoms. The van der Waals surface area contributed by atoms with Gasteiger partial charge >= 0.3 is 6.18 Å². The number of amides is 1. The van der Waals surface area contributed by atoms with Gasteiger partial charge in [-0.3, -0.25) is 4.79 Å². The topological polar surface area (TPSA) is 65.2 Å². The maximum atomic E-state index is 13.8. The maximum Gasteiger partial charge on any atom is 0.422 e. The predicted molar refractivity (Wildman–Crippen MR) is 64.2 cm³/mol. The number of benzene rings is 1. The molecular weight excluding hydrogens is 311 g/mol. The first-order valence-corrected chi connectivity index (χ1v) is 5.69. The first kappa shape index (κ1) is 15.7. The minimum atomic E-state index is -5.25. The number of pyridine rings is 1. The first-order chi connectivity index (χ1) is 10.2. The van der Waals surface area contributed by atoms with Crippen molar-refractivity contribution in [1.82, 2.24) is 4.98 Å². The van der Waals surface area contributed by atoms with Gasteiger partial charge in [-0.15, -0.1) is 0 Å². The molecule has 116 valence electrons. The average molecular weight is 318 g/mol. The number of ether oxygens (including phenoxy) is 1. The van der Waals surface area contributed by atoms with E-state index in [1.165, 1.54) is 12.1 Å². The maximum absolute atomic E-state index is 13.8. The second kappa shape index (κ2) is 5.58. The van der Waals surface area contributed by atoms with E-state index < -0.39 is 40.9 Å². The first-order valence-electron chi connectivity index (χ1n) is 5.69. The van der Waals surface area contributed by atoms with E-state index >= 15 is 0 Å². The van der Waals surface area contributed by atoms with Gasteiger partial charge in [-0.25, -0.2) is 13.8 Å². The largest absolute Gasteiger partial charge is 0.435 e. The lowest BCUT2D eigenvalue weighted by Crippen LogP contribution is -2.14. The summed E-state index contributed by atoms with van der Waals surface area (Å²) in [6, 6.07) is 3.57. The number of halogens is 5. The number of nitrogens with zero attached hydrogens (tertiary/aromatic N) is 1. The highest BCUT2D eigenvalue weighted by Crippen LogP contribution is 2.38. The van der Waals surface area contributed by atoms with E-state index in [-0.39, 0.29) is 5.56 Å². The van der Waals surface area contributed by atoms with E-state index in [9.17, 15) is 26.7 Å². The van der Waals surface area contributed by atoms with E-state index in [1.54, 1.807) is 0 Å². The molecule has 0 fully saturated rings. The molecule has 1 heterocycles. The minimum absolute atomic E-state index is 0.264. The Kier molecular flexibility index (Phi) is 3.98. The van der Waals surface area contributed by atoms with Gasteiger partial charge in [0.1, 0.15) is 16.9 Å². The molecule has 0 radical (unpaired) electrons. The molecule has 0 unspecified atom stereocenters. The van der Waals surface area contributed by atoms with Crippen molar-refractivity contribution in [2.45, 2.75) is 6.18 Å². The third-order valence-electron chi connectivity index (χ3n) is 2.58. The van der Waals surface area contributed by atoms with Crippen LogP contribution in [0.25, 0.3) is 0 Å². The van der Waals surface area contributed by atoms with Gasteiger partial charge in [0.25, 0.3) is 5.91 Å². The quantitative estimate of drug-likeness (QED) is 0.883. The summed E-state index contributed by atoms with van der Waals surface area (Å²) in [6.45, 7) is 0. The number of carbonyl (C=O) groups excluding carboxylic acids is 1. The Labute approximate surface area is 120 Å². The Balaban J connectivity index is 2.51. The summed E-state index contributed by atoms with van der Waals surface area (Å²) in [7, 11) is 0. The molecule has 1 aromatic heterocycles. The average Bonchev–Trinajstić information content (AvgIpc) is 2.41. The molecule has 1 aromatic carbocycles. The molecule has 2 rings (SSSR count). The Morgan fingerprint density at radius 3 is 2.45 bits per heavy atom. The zero-order chi connectivity index (χ0) is 16.5. The third kappa shape index (κ3) is 2.97. The SMILES string of the molecule is NC(=O)c1cccnc1Oc1ccc(F)c(C(F)(F)F)c1F. The van der Waals surface area contributed by atoms with Crippen LogP contribution in [0.2, 0.25) is 0 Å². The number of hydrogen-bond acceptors (Lipinski definition) is 3. The smallest absolute Gasteiger partial charge is 0.422 e. The molecule has 0 aliphatic carbocycles. The fourth-order valence-corrected chi connectivity index (χ4v) is 1.64. The number of carbonyl (C=O) groups is 1. The number of alkyl halides is 3. The van der Waals surface area contributed by atoms with E-state index in [2.05, 4.69) is 4.98 Å². The zero-order valence-corrected chi connectivity index (χ0v) is 10.6. The summed E-state index contributed by atoms with van der Waals surface area (Å²) >= 11 is 0. The van der Waals surface area contributed by atoms with Crippen molar-refractivity contribution in [2.24, 2.45) is 5.73 Å². The van der Waals surface area contributed by atoms with Crippen LogP contribution in [0.15, 0.2) is 30.5 Å². The van der Waals surface area contributed by atoms with Gasteiger partial charge in [-0.1, -0.05) is 0 Å². The molecule has 9 heteroatoms. The van der Waals surface area contributed by atoms with Gasteiger partial charge < -0.3 is 10.5 Å². The molecule has 0 aliphatic rings. The second-order valence-electron chi connectivity index (χ2n) is 4.05. The van der Waals surface area contributed by atoms with Crippen molar-refractivity contribution in [3.8, 4) is 11.6 Å². The minimum Gasteiger partial charge on any atom is -0.435 e. The van der Waals surface area contributed by atoms with Crippen molar-refractivity contribution in [2.75, 3.05) is 0 Å². The highest BCUT2D eigenvalue weighted by Gasteiger charge is 2.39. The van der Waals surface area contributed by atoms with Crippen LogP contribution in [-0.4, -0.2) is 10.9 Å². The molecule has 4 nitrogen and oxygen atoms in total. The summed E-state index contributed by atoms with van der Waals surface area (Å²) in [6.07, 6.45) is -4.09. The second-order valence-corrected chi connectivity index (χ2v) is 4.05. The van der Waals surface area contributed by atoms with E-state index in [0.29, 0.717) is 12.1 Å². The van der Waals surface area contributed by atoms with Crippen molar-refractivity contribution >= 4 is 5.91 Å². The number of hydrogen-bond donors (Lipinski definition) is 1. The molecule has 1 amide bonds. The van der Waals surface area contributed by atoms with Crippen molar-refractivity contribution in [3.63, 3.8) is 0 Å². The monoisotopic (exact) mass is 318 g/mol. The Morgan fingerprint density at radius 2 is 1.86 bits per heavy atom. The number of primary amides is 1. The fraction of sp³-hybridized carbons (Fsp3) is 0.0769. The van der Waals surface area contributed by atoms with Gasteiger partial charge in [0, 0.05) is 6.20 Å². The molecule has 0 saturated carbocycles. The fourth-order valence-electron chi connectivity index (χ4n) is 1.64. The van der Waals surface area contributed by atoms with Crippen molar-refractivity contribution in [3.05, 3.63) is 53.2 Å². The lowest BCUT2D eigenvalue weighted by atomic mass is 10.1. The summed E-state index contributed by atoms with van der Waals surface area (Å²) < 4.78 is 69.7. The summed E-state index contributed by atoms with van der Waals surface area (Å²) in [5.74, 6) is -6.13. The van der Waals surface area contributed by atoms with Crippen LogP contribution in [0.4, 0.5) is 22.0 Å². The highest BCUT2D eigenvalue weighted by atomic mass is 19.4. The summed E-state index contributed by atoms with van der Waals surface area (Å²) in [5.41, 5.74) is 2.68. The number of rotatable bonds is 3. The lowest BCUT2D eigenvalue weighted by Gasteiger charge is -2.13. The molecule has 0 aliphatic heterocycles. The van der Waals surface area contributed by atoms with Crippen LogP contribution >= 0.6 is 0 Å². The molecule has 0 saturated heterocycles. The molecular formula is C13H7F5N2O2. The van der Waals surface area contributed by atoms with Gasteiger partial charge in [0.15, 0.2) is 11.6 Å². The van der Waals surface area contributed by atoms with E-state index in [0.717, 1.165) is 6.20 Å². The third-order valence-corrected chi connectivity index (χ3v) is 2.58. The van der Waals surface area contributed by atoms with Crippen LogP contribution in [0, 0.1) is 11.6 Å². The Bertz CT molecular complexity index is 731. The zero-order valence-electron chi connectivity index (χ0n) is 10.6. The van der Waals surface area contributed by atoms with Crippen molar-refractivity contribution in [1.29, 1.82) is 0 Å². The van der Waals surface area contributed by atoms with Gasteiger partial charge in [-0.2, -0.15) is 13.2 Å². The Morgan fingerprint density at radius 1 is 1.18 bits per heavy atom. The lowest BCUT2D eigenvalue weighted by molar-refractivity contribution is -0.142. The molecule has 22 heavy (non-hydrogen) atoms. The normalized spacial score (nSPS) is 11.3. The van der Waals surface area contributed by atoms with Crippen LogP contribution in [0.1, 0.15) is 15.9 Å². The molecule has 2 N–H and O–H groups in total. The highest BCUT2D eigenvalue weighted by molar-refractivity contribution is 5.95. The Hall–Kier alpha value is -2.71. The van der Waals surface area contributed by atoms with Crippen LogP contribution in [0.3, 0.4) is 0 Å². The van der Waals surface area contributed by atoms with Crippen LogP contribution in [-0.2, 0) is 6.18 Å². The predicted octanol–water partition coefficient (Wildman–Crippen LogP) is 3.27. The summed E-state index contributed by atoms with van der Waals surface area (Å²) in [5, 5.41) is 0. The number of nitrogens with two attached hydrogens (primary N) is 1. The summed E-state index contributed by atoms with van der Waals surface area (Å²) in [4.78, 5) is 14.7. The standard InChI is InChI=1S/C13H7F5N2O2/c14-7-3-4-8(10(15)9(7)13(16,17)18)22-12-6(11(19)21)2-1-5-20-12/h1-5H,(H2,19,21). The van der Waals surface area contributed by atoms with E-state index in [4.69, 9.17) is 10.5 Å². The van der Waals surface area contributed by atoms with Crippen molar-refractivity contribution < 1.29 is 31.5 Å². The molecule has 0 bridgehead atoms. The van der Waals surface area contributed by atoms with Gasteiger partial charge in [0.2, 0.25) is 5.88 Å². The van der Waals surface area contributed by atoms with Gasteiger partial charge in [-0.05, 0) is 24.3 Å². The van der Waals surface area contributed by atoms with Crippen LogP contribution < -0.4 is 10.5 Å². The molecule has 0 atom stereocenters. The van der Waals surface area contributed by atoms with E-state index in [1.807, 2.05) is 0 Å². The molecule has 2 aromatic rings. The van der Waals surface area contributed by atoms with Crippen LogP contribution in [0.5, 0.6) is 11.6 Å². The van der Waals surface area contributed by atoms with Gasteiger partial charge in [0.05, 0.1) is 0 Å².